The molecule has 0 bridgehead atoms. The van der Waals surface area contributed by atoms with Gasteiger partial charge in [0.1, 0.15) is 11.3 Å². The number of benzene rings is 2. The number of aromatic nitrogens is 1. The molecule has 5 nitrogen and oxygen atoms in total. The molecule has 1 aliphatic rings. The molecule has 1 amide bonds. The van der Waals surface area contributed by atoms with Crippen molar-refractivity contribution in [2.45, 2.75) is 6.54 Å². The number of ether oxygens (including phenoxy) is 1. The van der Waals surface area contributed by atoms with E-state index in [0.717, 1.165) is 19.6 Å². The van der Waals surface area contributed by atoms with Gasteiger partial charge in [-0.1, -0.05) is 48.5 Å². The van der Waals surface area contributed by atoms with E-state index in [-0.39, 0.29) is 5.91 Å². The second-order valence-corrected chi connectivity index (χ2v) is 6.83. The van der Waals surface area contributed by atoms with Crippen molar-refractivity contribution in [3.63, 3.8) is 0 Å². The third-order valence-corrected chi connectivity index (χ3v) is 4.87. The first kappa shape index (κ1) is 18.2. The Balaban J connectivity index is 1.40. The van der Waals surface area contributed by atoms with Crippen molar-refractivity contribution in [2.24, 2.45) is 0 Å². The highest BCUT2D eigenvalue weighted by molar-refractivity contribution is 5.96. The third kappa shape index (κ3) is 4.38. The maximum Gasteiger partial charge on any atom is 0.259 e. The number of rotatable bonds is 5. The molecule has 2 heterocycles. The first-order valence-electron chi connectivity index (χ1n) is 9.53. The van der Waals surface area contributed by atoms with Crippen molar-refractivity contribution in [3.8, 4) is 11.6 Å². The number of hydrogen-bond acceptors (Lipinski definition) is 4. The lowest BCUT2D eigenvalue weighted by atomic mass is 10.2. The van der Waals surface area contributed by atoms with Gasteiger partial charge in [0, 0.05) is 38.9 Å². The van der Waals surface area contributed by atoms with Gasteiger partial charge in [-0.3, -0.25) is 9.69 Å². The molecule has 2 aromatic carbocycles. The molecule has 142 valence electrons. The van der Waals surface area contributed by atoms with Crippen LogP contribution in [0.1, 0.15) is 15.9 Å². The average molecular weight is 373 g/mol. The van der Waals surface area contributed by atoms with Crippen LogP contribution < -0.4 is 4.74 Å². The maximum atomic E-state index is 13.1. The highest BCUT2D eigenvalue weighted by Gasteiger charge is 2.25. The standard InChI is InChI=1S/C23H23N3O2/c27-23(21-12-7-13-24-22(21)28-20-10-5-2-6-11-20)26-16-14-25(15-17-26)18-19-8-3-1-4-9-19/h1-13H,14-18H2. The summed E-state index contributed by atoms with van der Waals surface area (Å²) < 4.78 is 5.85. The molecule has 5 heteroatoms. The van der Waals surface area contributed by atoms with Crippen LogP contribution in [0.3, 0.4) is 0 Å². The minimum atomic E-state index is -0.0293. The summed E-state index contributed by atoms with van der Waals surface area (Å²) in [6.45, 7) is 4.03. The number of carbonyl (C=O) groups is 1. The molecule has 0 radical (unpaired) electrons. The molecule has 0 spiro atoms. The van der Waals surface area contributed by atoms with Gasteiger partial charge in [-0.2, -0.15) is 0 Å². The van der Waals surface area contributed by atoms with Crippen molar-refractivity contribution < 1.29 is 9.53 Å². The molecule has 0 unspecified atom stereocenters. The van der Waals surface area contributed by atoms with Gasteiger partial charge in [0.05, 0.1) is 0 Å². The van der Waals surface area contributed by atoms with Gasteiger partial charge >= 0.3 is 0 Å². The summed E-state index contributed by atoms with van der Waals surface area (Å²) in [5.41, 5.74) is 1.80. The monoisotopic (exact) mass is 373 g/mol. The van der Waals surface area contributed by atoms with E-state index in [1.807, 2.05) is 41.3 Å². The molecular weight excluding hydrogens is 350 g/mol. The molecule has 0 atom stereocenters. The lowest BCUT2D eigenvalue weighted by Crippen LogP contribution is -2.48. The SMILES string of the molecule is O=C(c1cccnc1Oc1ccccc1)N1CCN(Cc2ccccc2)CC1. The van der Waals surface area contributed by atoms with E-state index < -0.39 is 0 Å². The first-order valence-corrected chi connectivity index (χ1v) is 9.53. The third-order valence-electron chi connectivity index (χ3n) is 4.87. The van der Waals surface area contributed by atoms with Crippen molar-refractivity contribution in [3.05, 3.63) is 90.1 Å². The highest BCUT2D eigenvalue weighted by Crippen LogP contribution is 2.24. The van der Waals surface area contributed by atoms with Crippen molar-refractivity contribution in [1.82, 2.24) is 14.8 Å². The molecular formula is C23H23N3O2. The lowest BCUT2D eigenvalue weighted by Gasteiger charge is -2.34. The summed E-state index contributed by atoms with van der Waals surface area (Å²) >= 11 is 0. The zero-order chi connectivity index (χ0) is 19.2. The molecule has 1 saturated heterocycles. The predicted octanol–water partition coefficient (Wildman–Crippen LogP) is 3.83. The minimum absolute atomic E-state index is 0.0293. The number of amides is 1. The molecule has 1 aliphatic heterocycles. The van der Waals surface area contributed by atoms with Crippen LogP contribution in [0.25, 0.3) is 0 Å². The molecule has 0 saturated carbocycles. The summed E-state index contributed by atoms with van der Waals surface area (Å²) in [6.07, 6.45) is 1.65. The van der Waals surface area contributed by atoms with E-state index >= 15 is 0 Å². The van der Waals surface area contributed by atoms with Crippen LogP contribution in [0.4, 0.5) is 0 Å². The smallest absolute Gasteiger partial charge is 0.259 e. The molecule has 28 heavy (non-hydrogen) atoms. The van der Waals surface area contributed by atoms with Crippen LogP contribution in [0.15, 0.2) is 79.0 Å². The number of pyridine rings is 1. The Kier molecular flexibility index (Phi) is 5.64. The van der Waals surface area contributed by atoms with Crippen LogP contribution in [0.5, 0.6) is 11.6 Å². The quantitative estimate of drug-likeness (QED) is 0.682. The van der Waals surface area contributed by atoms with E-state index in [1.165, 1.54) is 5.56 Å². The van der Waals surface area contributed by atoms with Crippen LogP contribution in [0.2, 0.25) is 0 Å². The zero-order valence-electron chi connectivity index (χ0n) is 15.7. The second-order valence-electron chi connectivity index (χ2n) is 6.83. The van der Waals surface area contributed by atoms with E-state index in [0.29, 0.717) is 30.3 Å². The number of nitrogens with zero attached hydrogens (tertiary/aromatic N) is 3. The maximum absolute atomic E-state index is 13.1. The van der Waals surface area contributed by atoms with Gasteiger partial charge in [-0.05, 0) is 29.8 Å². The van der Waals surface area contributed by atoms with E-state index in [2.05, 4.69) is 34.1 Å². The van der Waals surface area contributed by atoms with Gasteiger partial charge in [-0.25, -0.2) is 4.98 Å². The molecule has 1 aromatic heterocycles. The number of para-hydroxylation sites is 1. The van der Waals surface area contributed by atoms with E-state index in [4.69, 9.17) is 4.74 Å². The number of piperazine rings is 1. The Labute approximate surface area is 165 Å². The van der Waals surface area contributed by atoms with Crippen molar-refractivity contribution in [2.75, 3.05) is 26.2 Å². The van der Waals surface area contributed by atoms with Gasteiger partial charge in [0.2, 0.25) is 5.88 Å². The van der Waals surface area contributed by atoms with Gasteiger partial charge < -0.3 is 9.64 Å². The zero-order valence-corrected chi connectivity index (χ0v) is 15.7. The molecule has 3 aromatic rings. The van der Waals surface area contributed by atoms with Crippen LogP contribution in [-0.2, 0) is 6.54 Å². The van der Waals surface area contributed by atoms with Gasteiger partial charge in [0.25, 0.3) is 5.91 Å². The minimum Gasteiger partial charge on any atom is -0.438 e. The predicted molar refractivity (Wildman–Crippen MR) is 108 cm³/mol. The Bertz CT molecular complexity index is 907. The fourth-order valence-corrected chi connectivity index (χ4v) is 3.36. The van der Waals surface area contributed by atoms with E-state index in [9.17, 15) is 4.79 Å². The molecule has 0 N–H and O–H groups in total. The van der Waals surface area contributed by atoms with E-state index in [1.54, 1.807) is 18.3 Å². The highest BCUT2D eigenvalue weighted by atomic mass is 16.5. The summed E-state index contributed by atoms with van der Waals surface area (Å²) in [6, 6.07) is 23.4. The van der Waals surface area contributed by atoms with Crippen molar-refractivity contribution in [1.29, 1.82) is 0 Å². The summed E-state index contributed by atoms with van der Waals surface area (Å²) in [5.74, 6) is 0.992. The second kappa shape index (κ2) is 8.67. The van der Waals surface area contributed by atoms with Crippen LogP contribution in [0, 0.1) is 0 Å². The number of carbonyl (C=O) groups excluding carboxylic acids is 1. The molecule has 1 fully saturated rings. The molecule has 0 aliphatic carbocycles. The van der Waals surface area contributed by atoms with Gasteiger partial charge in [0.15, 0.2) is 0 Å². The normalized spacial score (nSPS) is 14.6. The summed E-state index contributed by atoms with van der Waals surface area (Å²) in [7, 11) is 0. The van der Waals surface area contributed by atoms with Crippen LogP contribution >= 0.6 is 0 Å². The Morgan fingerprint density at radius 2 is 1.54 bits per heavy atom. The summed E-state index contributed by atoms with van der Waals surface area (Å²) in [4.78, 5) is 21.6. The average Bonchev–Trinajstić information content (AvgIpc) is 2.76. The fourth-order valence-electron chi connectivity index (χ4n) is 3.36. The fraction of sp³-hybridized carbons (Fsp3) is 0.217. The lowest BCUT2D eigenvalue weighted by molar-refractivity contribution is 0.0625. The molecule has 4 rings (SSSR count). The summed E-state index contributed by atoms with van der Waals surface area (Å²) in [5, 5.41) is 0. The number of hydrogen-bond donors (Lipinski definition) is 0. The van der Waals surface area contributed by atoms with Crippen molar-refractivity contribution >= 4 is 5.91 Å². The Morgan fingerprint density at radius 1 is 0.857 bits per heavy atom. The Hall–Kier alpha value is -3.18. The van der Waals surface area contributed by atoms with Gasteiger partial charge in [-0.15, -0.1) is 0 Å². The first-order chi connectivity index (χ1) is 13.8. The largest absolute Gasteiger partial charge is 0.438 e. The Morgan fingerprint density at radius 3 is 2.25 bits per heavy atom. The topological polar surface area (TPSA) is 45.7 Å². The van der Waals surface area contributed by atoms with Crippen LogP contribution in [-0.4, -0.2) is 46.9 Å².